The van der Waals surface area contributed by atoms with Crippen molar-refractivity contribution in [3.63, 3.8) is 0 Å². The average Bonchev–Trinajstić information content (AvgIpc) is 2.28. The maximum atomic E-state index is 11.3. The second-order valence-corrected chi connectivity index (χ2v) is 3.94. The number of rotatable bonds is 2. The molecule has 0 aliphatic carbocycles. The minimum atomic E-state index is -1.29. The van der Waals surface area contributed by atoms with Crippen LogP contribution in [0.4, 0.5) is 10.5 Å². The van der Waals surface area contributed by atoms with Gasteiger partial charge in [-0.1, -0.05) is 0 Å². The van der Waals surface area contributed by atoms with Crippen molar-refractivity contribution in [2.24, 2.45) is 0 Å². The monoisotopic (exact) mass is 246 g/mol. The Balaban J connectivity index is 2.63. The van der Waals surface area contributed by atoms with Crippen LogP contribution in [0.25, 0.3) is 11.0 Å². The number of nitrogens with zero attached hydrogens (tertiary/aromatic N) is 1. The van der Waals surface area contributed by atoms with E-state index in [4.69, 9.17) is 4.42 Å². The van der Waals surface area contributed by atoms with Gasteiger partial charge in [0.2, 0.25) is 0 Å². The van der Waals surface area contributed by atoms with Crippen molar-refractivity contribution in [1.82, 2.24) is 0 Å². The number of benzene rings is 1. The summed E-state index contributed by atoms with van der Waals surface area (Å²) in [4.78, 5) is 23.3. The van der Waals surface area contributed by atoms with Crippen molar-refractivity contribution in [2.75, 3.05) is 11.4 Å². The van der Waals surface area contributed by atoms with Gasteiger partial charge in [-0.2, -0.15) is 0 Å². The lowest BCUT2D eigenvalue weighted by atomic mass is 10.1. The van der Waals surface area contributed by atoms with Crippen LogP contribution in [0, 0.1) is 6.92 Å². The van der Waals surface area contributed by atoms with Crippen LogP contribution in [0.2, 0.25) is 0 Å². The van der Waals surface area contributed by atoms with Gasteiger partial charge in [0.25, 0.3) is 0 Å². The molecule has 5 nitrogen and oxygen atoms in total. The zero-order chi connectivity index (χ0) is 13.3. The van der Waals surface area contributed by atoms with Gasteiger partial charge in [0.15, 0.2) is 0 Å². The van der Waals surface area contributed by atoms with E-state index in [0.29, 0.717) is 11.3 Å². The predicted molar refractivity (Wildman–Crippen MR) is 65.6 cm³/mol. The molecule has 0 N–H and O–H groups in total. The van der Waals surface area contributed by atoms with Crippen molar-refractivity contribution < 1.29 is 14.3 Å². The average molecular weight is 246 g/mol. The summed E-state index contributed by atoms with van der Waals surface area (Å²) in [5, 5.41) is 11.7. The van der Waals surface area contributed by atoms with E-state index in [1.807, 2.05) is 0 Å². The Hall–Kier alpha value is -2.30. The van der Waals surface area contributed by atoms with Crippen LogP contribution in [-0.2, 0) is 0 Å². The third-order valence-electron chi connectivity index (χ3n) is 2.78. The Labute approximate surface area is 103 Å². The summed E-state index contributed by atoms with van der Waals surface area (Å²) < 4.78 is 5.06. The first-order valence-electron chi connectivity index (χ1n) is 5.56. The fourth-order valence-electron chi connectivity index (χ4n) is 1.90. The van der Waals surface area contributed by atoms with E-state index >= 15 is 0 Å². The number of aryl methyl sites for hydroxylation is 1. The predicted octanol–water partition coefficient (Wildman–Crippen LogP) is 1.27. The SMILES string of the molecule is CCN(C(=O)[O-])c1ccc2c(C)cc(=O)oc2c1. The van der Waals surface area contributed by atoms with Crippen molar-refractivity contribution in [3.8, 4) is 0 Å². The van der Waals surface area contributed by atoms with E-state index in [1.165, 1.54) is 12.1 Å². The van der Waals surface area contributed by atoms with Gasteiger partial charge in [-0.05, 0) is 31.5 Å². The molecular formula is C13H12NO4-. The molecule has 0 bridgehead atoms. The number of anilines is 1. The molecule has 0 atom stereocenters. The highest BCUT2D eigenvalue weighted by molar-refractivity contribution is 5.90. The molecule has 1 aromatic carbocycles. The van der Waals surface area contributed by atoms with Crippen molar-refractivity contribution in [3.05, 3.63) is 40.2 Å². The molecule has 1 aromatic heterocycles. The second kappa shape index (κ2) is 4.52. The Bertz CT molecular complexity index is 660. The summed E-state index contributed by atoms with van der Waals surface area (Å²) in [5.41, 5.74) is 1.15. The lowest BCUT2D eigenvalue weighted by Crippen LogP contribution is -2.41. The molecule has 0 fully saturated rings. The highest BCUT2D eigenvalue weighted by Gasteiger charge is 2.08. The molecule has 0 saturated carbocycles. The highest BCUT2D eigenvalue weighted by atomic mass is 16.4. The number of hydrogen-bond donors (Lipinski definition) is 0. The van der Waals surface area contributed by atoms with Crippen LogP contribution in [0.3, 0.4) is 0 Å². The number of hydrogen-bond acceptors (Lipinski definition) is 4. The van der Waals surface area contributed by atoms with E-state index in [-0.39, 0.29) is 6.54 Å². The second-order valence-electron chi connectivity index (χ2n) is 3.94. The molecule has 0 spiro atoms. The molecular weight excluding hydrogens is 234 g/mol. The fraction of sp³-hybridized carbons (Fsp3) is 0.231. The summed E-state index contributed by atoms with van der Waals surface area (Å²) in [6.07, 6.45) is -1.29. The number of carbonyl (C=O) groups excluding carboxylic acids is 1. The molecule has 1 amide bonds. The number of carboxylic acid groups (broad SMARTS) is 1. The summed E-state index contributed by atoms with van der Waals surface area (Å²) >= 11 is 0. The van der Waals surface area contributed by atoms with Crippen LogP contribution < -0.4 is 15.6 Å². The van der Waals surface area contributed by atoms with Crippen molar-refractivity contribution in [2.45, 2.75) is 13.8 Å². The van der Waals surface area contributed by atoms with Crippen LogP contribution >= 0.6 is 0 Å². The molecule has 5 heteroatoms. The molecule has 0 radical (unpaired) electrons. The summed E-state index contributed by atoms with van der Waals surface area (Å²) in [6, 6.07) is 6.32. The lowest BCUT2D eigenvalue weighted by molar-refractivity contribution is -0.246. The van der Waals surface area contributed by atoms with E-state index in [2.05, 4.69) is 0 Å². The number of carbonyl (C=O) groups is 1. The van der Waals surface area contributed by atoms with Gasteiger partial charge in [0, 0.05) is 29.8 Å². The van der Waals surface area contributed by atoms with Gasteiger partial charge >= 0.3 is 5.63 Å². The van der Waals surface area contributed by atoms with Crippen LogP contribution in [0.1, 0.15) is 12.5 Å². The normalized spacial score (nSPS) is 10.6. The van der Waals surface area contributed by atoms with E-state index in [0.717, 1.165) is 15.8 Å². The van der Waals surface area contributed by atoms with Crippen molar-refractivity contribution in [1.29, 1.82) is 0 Å². The molecule has 0 saturated heterocycles. The number of amides is 1. The number of fused-ring (bicyclic) bond motifs is 1. The molecule has 0 aliphatic heterocycles. The molecule has 1 heterocycles. The summed E-state index contributed by atoms with van der Waals surface area (Å²) in [5.74, 6) is 0. The topological polar surface area (TPSA) is 73.6 Å². The molecule has 0 aliphatic rings. The summed E-state index contributed by atoms with van der Waals surface area (Å²) in [7, 11) is 0. The Morgan fingerprint density at radius 3 is 2.72 bits per heavy atom. The fourth-order valence-corrected chi connectivity index (χ4v) is 1.90. The Morgan fingerprint density at radius 1 is 1.39 bits per heavy atom. The highest BCUT2D eigenvalue weighted by Crippen LogP contribution is 2.23. The zero-order valence-corrected chi connectivity index (χ0v) is 10.1. The zero-order valence-electron chi connectivity index (χ0n) is 10.1. The quantitative estimate of drug-likeness (QED) is 0.748. The largest absolute Gasteiger partial charge is 0.530 e. The van der Waals surface area contributed by atoms with Crippen LogP contribution in [-0.4, -0.2) is 12.6 Å². The molecule has 0 unspecified atom stereocenters. The lowest BCUT2D eigenvalue weighted by Gasteiger charge is -2.23. The maximum Gasteiger partial charge on any atom is 0.336 e. The molecule has 94 valence electrons. The first-order chi connectivity index (χ1) is 8.52. The van der Waals surface area contributed by atoms with Crippen molar-refractivity contribution >= 4 is 22.7 Å². The Morgan fingerprint density at radius 2 is 2.11 bits per heavy atom. The Kier molecular flexibility index (Phi) is 3.06. The van der Waals surface area contributed by atoms with Crippen LogP contribution in [0.15, 0.2) is 33.5 Å². The van der Waals surface area contributed by atoms with Gasteiger partial charge in [0.1, 0.15) is 11.7 Å². The van der Waals surface area contributed by atoms with Gasteiger partial charge in [-0.15, -0.1) is 0 Å². The smallest absolute Gasteiger partial charge is 0.336 e. The van der Waals surface area contributed by atoms with E-state index in [1.54, 1.807) is 26.0 Å². The molecule has 2 aromatic rings. The van der Waals surface area contributed by atoms with Gasteiger partial charge in [-0.3, -0.25) is 0 Å². The molecule has 18 heavy (non-hydrogen) atoms. The van der Waals surface area contributed by atoms with E-state index in [9.17, 15) is 14.7 Å². The van der Waals surface area contributed by atoms with Gasteiger partial charge in [0.05, 0.1) is 0 Å². The van der Waals surface area contributed by atoms with Crippen LogP contribution in [0.5, 0.6) is 0 Å². The standard InChI is InChI=1S/C13H13NO4/c1-3-14(13(16)17)9-4-5-10-8(2)6-12(15)18-11(10)7-9/h4-7H,3H2,1-2H3,(H,16,17)/p-1. The maximum absolute atomic E-state index is 11.3. The third kappa shape index (κ3) is 2.07. The van der Waals surface area contributed by atoms with Gasteiger partial charge < -0.3 is 19.2 Å². The first kappa shape index (κ1) is 12.2. The first-order valence-corrected chi connectivity index (χ1v) is 5.56. The summed E-state index contributed by atoms with van der Waals surface area (Å²) in [6.45, 7) is 3.77. The van der Waals surface area contributed by atoms with E-state index < -0.39 is 11.7 Å². The minimum absolute atomic E-state index is 0.268. The minimum Gasteiger partial charge on any atom is -0.530 e. The van der Waals surface area contributed by atoms with Gasteiger partial charge in [-0.25, -0.2) is 4.79 Å². The molecule has 2 rings (SSSR count). The third-order valence-corrected chi connectivity index (χ3v) is 2.78.